The molecular weight excluding hydrogens is 248 g/mol. The average molecular weight is 270 g/mol. The van der Waals surface area contributed by atoms with Gasteiger partial charge in [-0.2, -0.15) is 0 Å². The zero-order valence-corrected chi connectivity index (χ0v) is 12.2. The number of fused-ring (bicyclic) bond motifs is 1. The molecule has 4 heteroatoms. The van der Waals surface area contributed by atoms with Crippen molar-refractivity contribution >= 4 is 22.3 Å². The highest BCUT2D eigenvalue weighted by Gasteiger charge is 2.14. The van der Waals surface area contributed by atoms with Gasteiger partial charge >= 0.3 is 0 Å². The molecule has 4 nitrogen and oxygen atoms in total. The molecule has 0 spiro atoms. The van der Waals surface area contributed by atoms with Gasteiger partial charge in [-0.15, -0.1) is 0 Å². The Labute approximate surface area is 120 Å². The lowest BCUT2D eigenvalue weighted by Gasteiger charge is -2.19. The van der Waals surface area contributed by atoms with Gasteiger partial charge in [-0.05, 0) is 43.0 Å². The molecule has 0 saturated carbocycles. The molecule has 0 atom stereocenters. The summed E-state index contributed by atoms with van der Waals surface area (Å²) in [6.07, 6.45) is 2.56. The molecule has 0 radical (unpaired) electrons. The van der Waals surface area contributed by atoms with Crippen LogP contribution in [0.25, 0.3) is 10.9 Å². The first kappa shape index (κ1) is 13.2. The Morgan fingerprint density at radius 3 is 2.60 bits per heavy atom. The van der Waals surface area contributed by atoms with Crippen LogP contribution in [0, 0.1) is 0 Å². The first-order valence-electron chi connectivity index (χ1n) is 7.35. The number of pyridine rings is 1. The van der Waals surface area contributed by atoms with Gasteiger partial charge in [0.25, 0.3) is 0 Å². The van der Waals surface area contributed by atoms with E-state index in [4.69, 9.17) is 10.8 Å². The molecule has 1 aliphatic rings. The van der Waals surface area contributed by atoms with Gasteiger partial charge in [0, 0.05) is 29.9 Å². The highest BCUT2D eigenvalue weighted by Crippen LogP contribution is 2.30. The van der Waals surface area contributed by atoms with Crippen molar-refractivity contribution in [3.63, 3.8) is 0 Å². The lowest BCUT2D eigenvalue weighted by Crippen LogP contribution is -2.17. The molecule has 1 saturated heterocycles. The molecule has 0 amide bonds. The maximum absolute atomic E-state index is 5.70. The molecule has 2 aromatic rings. The standard InChI is InChI=1S/C16H22N4/c1-11(2)15-10-16(19-17)13-9-12(5-6-14(13)18-15)20-7-3-4-8-20/h5-6,9-11H,3-4,7-8,17H2,1-2H3,(H,18,19). The molecule has 106 valence electrons. The molecule has 20 heavy (non-hydrogen) atoms. The summed E-state index contributed by atoms with van der Waals surface area (Å²) in [6.45, 7) is 6.59. The highest BCUT2D eigenvalue weighted by molar-refractivity contribution is 5.93. The summed E-state index contributed by atoms with van der Waals surface area (Å²) >= 11 is 0. The van der Waals surface area contributed by atoms with Gasteiger partial charge in [-0.3, -0.25) is 10.8 Å². The van der Waals surface area contributed by atoms with Gasteiger partial charge in [0.15, 0.2) is 0 Å². The average Bonchev–Trinajstić information content (AvgIpc) is 2.99. The lowest BCUT2D eigenvalue weighted by molar-refractivity contribution is 0.830. The summed E-state index contributed by atoms with van der Waals surface area (Å²) in [7, 11) is 0. The number of benzene rings is 1. The van der Waals surface area contributed by atoms with Crippen molar-refractivity contribution in [3.8, 4) is 0 Å². The van der Waals surface area contributed by atoms with Crippen molar-refractivity contribution in [2.24, 2.45) is 5.84 Å². The quantitative estimate of drug-likeness (QED) is 0.664. The Balaban J connectivity index is 2.10. The molecule has 1 fully saturated rings. The zero-order valence-electron chi connectivity index (χ0n) is 12.2. The van der Waals surface area contributed by atoms with E-state index < -0.39 is 0 Å². The van der Waals surface area contributed by atoms with Gasteiger partial charge in [0.2, 0.25) is 0 Å². The van der Waals surface area contributed by atoms with E-state index in [0.29, 0.717) is 5.92 Å². The molecule has 3 rings (SSSR count). The van der Waals surface area contributed by atoms with Crippen LogP contribution in [0.3, 0.4) is 0 Å². The van der Waals surface area contributed by atoms with Crippen LogP contribution in [0.15, 0.2) is 24.3 Å². The van der Waals surface area contributed by atoms with Gasteiger partial charge < -0.3 is 10.3 Å². The van der Waals surface area contributed by atoms with Crippen LogP contribution in [0.1, 0.15) is 38.3 Å². The zero-order chi connectivity index (χ0) is 14.1. The fraction of sp³-hybridized carbons (Fsp3) is 0.438. The molecule has 1 aromatic heterocycles. The van der Waals surface area contributed by atoms with Crippen LogP contribution in [-0.2, 0) is 0 Å². The number of hydrazine groups is 1. The van der Waals surface area contributed by atoms with Crippen molar-refractivity contribution in [2.45, 2.75) is 32.6 Å². The van der Waals surface area contributed by atoms with Gasteiger partial charge in [-0.1, -0.05) is 13.8 Å². The molecule has 0 aliphatic carbocycles. The third-order valence-electron chi connectivity index (χ3n) is 4.03. The number of hydrogen-bond donors (Lipinski definition) is 2. The predicted octanol–water partition coefficient (Wildman–Crippen LogP) is 3.24. The van der Waals surface area contributed by atoms with Crippen molar-refractivity contribution in [3.05, 3.63) is 30.0 Å². The summed E-state index contributed by atoms with van der Waals surface area (Å²) in [5, 5.41) is 1.10. The first-order chi connectivity index (χ1) is 9.69. The maximum Gasteiger partial charge on any atom is 0.0728 e. The number of anilines is 2. The third kappa shape index (κ3) is 2.31. The molecule has 1 aliphatic heterocycles. The summed E-state index contributed by atoms with van der Waals surface area (Å²) < 4.78 is 0. The second kappa shape index (κ2) is 5.29. The number of aromatic nitrogens is 1. The minimum atomic E-state index is 0.393. The molecule has 0 bridgehead atoms. The van der Waals surface area contributed by atoms with E-state index in [1.54, 1.807) is 0 Å². The Kier molecular flexibility index (Phi) is 3.49. The second-order valence-electron chi connectivity index (χ2n) is 5.79. The van der Waals surface area contributed by atoms with Crippen LogP contribution in [0.4, 0.5) is 11.4 Å². The highest BCUT2D eigenvalue weighted by atomic mass is 15.2. The summed E-state index contributed by atoms with van der Waals surface area (Å²) in [5.41, 5.74) is 7.13. The largest absolute Gasteiger partial charge is 0.372 e. The smallest absolute Gasteiger partial charge is 0.0728 e. The fourth-order valence-corrected chi connectivity index (χ4v) is 2.82. The van der Waals surface area contributed by atoms with Crippen LogP contribution in [0.2, 0.25) is 0 Å². The predicted molar refractivity (Wildman–Crippen MR) is 85.1 cm³/mol. The van der Waals surface area contributed by atoms with E-state index in [-0.39, 0.29) is 0 Å². The lowest BCUT2D eigenvalue weighted by atomic mass is 10.1. The van der Waals surface area contributed by atoms with Gasteiger partial charge in [0.05, 0.1) is 11.2 Å². The molecule has 3 N–H and O–H groups in total. The fourth-order valence-electron chi connectivity index (χ4n) is 2.82. The van der Waals surface area contributed by atoms with E-state index in [1.165, 1.54) is 18.5 Å². The molecule has 0 unspecified atom stereocenters. The molecule has 2 heterocycles. The monoisotopic (exact) mass is 270 g/mol. The van der Waals surface area contributed by atoms with Crippen LogP contribution in [0.5, 0.6) is 0 Å². The normalized spacial score (nSPS) is 15.3. The topological polar surface area (TPSA) is 54.2 Å². The van der Waals surface area contributed by atoms with Crippen molar-refractivity contribution in [1.82, 2.24) is 4.98 Å². The van der Waals surface area contributed by atoms with Crippen molar-refractivity contribution in [2.75, 3.05) is 23.4 Å². The Bertz CT molecular complexity index is 615. The minimum absolute atomic E-state index is 0.393. The SMILES string of the molecule is CC(C)c1cc(NN)c2cc(N3CCCC3)ccc2n1. The number of hydrogen-bond acceptors (Lipinski definition) is 4. The molecule has 1 aromatic carbocycles. The molecular formula is C16H22N4. The van der Waals surface area contributed by atoms with E-state index >= 15 is 0 Å². The number of nitrogens with zero attached hydrogens (tertiary/aromatic N) is 2. The Hall–Kier alpha value is -1.81. The van der Waals surface area contributed by atoms with Crippen LogP contribution >= 0.6 is 0 Å². The van der Waals surface area contributed by atoms with E-state index in [2.05, 4.69) is 48.4 Å². The summed E-state index contributed by atoms with van der Waals surface area (Å²) in [6, 6.07) is 8.54. The minimum Gasteiger partial charge on any atom is -0.372 e. The van der Waals surface area contributed by atoms with E-state index in [1.807, 2.05) is 0 Å². The maximum atomic E-state index is 5.70. The number of nitrogens with one attached hydrogen (secondary N) is 1. The third-order valence-corrected chi connectivity index (χ3v) is 4.03. The van der Waals surface area contributed by atoms with Crippen LogP contribution < -0.4 is 16.2 Å². The van der Waals surface area contributed by atoms with Crippen molar-refractivity contribution in [1.29, 1.82) is 0 Å². The number of nitrogens with two attached hydrogens (primary N) is 1. The van der Waals surface area contributed by atoms with E-state index in [0.717, 1.165) is 35.4 Å². The van der Waals surface area contributed by atoms with Gasteiger partial charge in [-0.25, -0.2) is 0 Å². The van der Waals surface area contributed by atoms with Crippen molar-refractivity contribution < 1.29 is 0 Å². The van der Waals surface area contributed by atoms with E-state index in [9.17, 15) is 0 Å². The van der Waals surface area contributed by atoms with Gasteiger partial charge in [0.1, 0.15) is 0 Å². The number of nitrogen functional groups attached to an aromatic ring is 1. The second-order valence-corrected chi connectivity index (χ2v) is 5.79. The Morgan fingerprint density at radius 1 is 1.20 bits per heavy atom. The summed E-state index contributed by atoms with van der Waals surface area (Å²) in [5.74, 6) is 6.09. The summed E-state index contributed by atoms with van der Waals surface area (Å²) in [4.78, 5) is 7.16. The Morgan fingerprint density at radius 2 is 1.95 bits per heavy atom. The van der Waals surface area contributed by atoms with Crippen LogP contribution in [-0.4, -0.2) is 18.1 Å². The first-order valence-corrected chi connectivity index (χ1v) is 7.35. The number of rotatable bonds is 3.